The zero-order valence-corrected chi connectivity index (χ0v) is 17.5. The highest BCUT2D eigenvalue weighted by molar-refractivity contribution is 5.79. The molecule has 3 heterocycles. The highest BCUT2D eigenvalue weighted by Gasteiger charge is 2.17. The van der Waals surface area contributed by atoms with Crippen LogP contribution < -0.4 is 10.6 Å². The van der Waals surface area contributed by atoms with Crippen LogP contribution in [0.25, 0.3) is 16.9 Å². The van der Waals surface area contributed by atoms with Gasteiger partial charge in [-0.2, -0.15) is 4.98 Å². The van der Waals surface area contributed by atoms with E-state index in [9.17, 15) is 4.39 Å². The highest BCUT2D eigenvalue weighted by atomic mass is 19.1. The van der Waals surface area contributed by atoms with Crippen LogP contribution in [0, 0.1) is 5.82 Å². The molecule has 0 bridgehead atoms. The predicted octanol–water partition coefficient (Wildman–Crippen LogP) is 3.44. The number of nitrogens with zero attached hydrogens (tertiary/aromatic N) is 5. The molecule has 0 saturated carbocycles. The van der Waals surface area contributed by atoms with Crippen molar-refractivity contribution in [1.82, 2.24) is 24.4 Å². The van der Waals surface area contributed by atoms with Crippen molar-refractivity contribution in [1.29, 1.82) is 0 Å². The quantitative estimate of drug-likeness (QED) is 0.462. The van der Waals surface area contributed by atoms with Crippen molar-refractivity contribution in [3.05, 3.63) is 66.6 Å². The molecule has 0 spiro atoms. The lowest BCUT2D eigenvalue weighted by Gasteiger charge is -2.26. The van der Waals surface area contributed by atoms with Gasteiger partial charge in [-0.3, -0.25) is 9.47 Å². The molecule has 1 aliphatic rings. The molecular weight excluding hydrogens is 409 g/mol. The molecule has 164 valence electrons. The number of hydrogen-bond donors (Lipinski definition) is 2. The summed E-state index contributed by atoms with van der Waals surface area (Å²) >= 11 is 0. The van der Waals surface area contributed by atoms with E-state index in [1.54, 1.807) is 24.4 Å². The third kappa shape index (κ3) is 4.39. The lowest BCUT2D eigenvalue weighted by molar-refractivity contribution is 0.0398. The van der Waals surface area contributed by atoms with E-state index in [4.69, 9.17) is 9.72 Å². The normalized spacial score (nSPS) is 14.5. The van der Waals surface area contributed by atoms with Gasteiger partial charge in [-0.15, -0.1) is 0 Å². The number of aromatic nitrogens is 4. The number of benzene rings is 2. The third-order valence-corrected chi connectivity index (χ3v) is 5.35. The summed E-state index contributed by atoms with van der Waals surface area (Å²) in [7, 11) is 0. The van der Waals surface area contributed by atoms with Crippen LogP contribution in [0.3, 0.4) is 0 Å². The Morgan fingerprint density at radius 3 is 2.56 bits per heavy atom. The summed E-state index contributed by atoms with van der Waals surface area (Å²) < 4.78 is 21.5. The van der Waals surface area contributed by atoms with Gasteiger partial charge in [0.1, 0.15) is 11.3 Å². The Balaban J connectivity index is 1.45. The topological polar surface area (TPSA) is 80.1 Å². The van der Waals surface area contributed by atoms with Gasteiger partial charge in [0.2, 0.25) is 11.9 Å². The molecule has 1 aliphatic heterocycles. The molecule has 1 fully saturated rings. The number of hydrogen-bond acceptors (Lipinski definition) is 7. The average molecular weight is 433 g/mol. The lowest BCUT2D eigenvalue weighted by atomic mass is 10.3. The van der Waals surface area contributed by atoms with Gasteiger partial charge in [0.25, 0.3) is 0 Å². The fourth-order valence-electron chi connectivity index (χ4n) is 3.70. The number of nitrogens with one attached hydrogen (secondary N) is 2. The van der Waals surface area contributed by atoms with Gasteiger partial charge >= 0.3 is 0 Å². The van der Waals surface area contributed by atoms with Gasteiger partial charge in [0.15, 0.2) is 5.65 Å². The van der Waals surface area contributed by atoms with Gasteiger partial charge in [0, 0.05) is 26.2 Å². The van der Waals surface area contributed by atoms with Gasteiger partial charge < -0.3 is 15.4 Å². The van der Waals surface area contributed by atoms with Crippen molar-refractivity contribution in [2.24, 2.45) is 0 Å². The molecule has 32 heavy (non-hydrogen) atoms. The van der Waals surface area contributed by atoms with E-state index in [-0.39, 0.29) is 5.82 Å². The maximum absolute atomic E-state index is 14.3. The van der Waals surface area contributed by atoms with Crippen LogP contribution in [0.15, 0.2) is 60.8 Å². The maximum atomic E-state index is 14.3. The Kier molecular flexibility index (Phi) is 5.91. The number of morpholine rings is 1. The summed E-state index contributed by atoms with van der Waals surface area (Å²) in [6.07, 6.45) is 1.69. The molecule has 2 aromatic heterocycles. The van der Waals surface area contributed by atoms with Crippen LogP contribution >= 0.6 is 0 Å². The summed E-state index contributed by atoms with van der Waals surface area (Å²) in [6, 6.07) is 16.3. The standard InChI is InChI=1S/C23H24FN7O/c24-18-8-4-5-9-19(18)27-23-28-20-16-26-22(25-10-11-30-12-14-32-15-13-30)29-21(20)31(23)17-6-2-1-3-7-17/h1-9,16H,10-15H2,(H,27,28)(H,25,26,29). The Hall–Kier alpha value is -3.56. The SMILES string of the molecule is Fc1ccccc1Nc1nc2cnc(NCCN3CCOCC3)nc2n1-c1ccccc1. The summed E-state index contributed by atoms with van der Waals surface area (Å²) in [5, 5.41) is 6.41. The first-order valence-electron chi connectivity index (χ1n) is 10.6. The Bertz CT molecular complexity index is 1190. The number of anilines is 3. The van der Waals surface area contributed by atoms with E-state index in [1.807, 2.05) is 34.9 Å². The molecule has 0 amide bonds. The van der Waals surface area contributed by atoms with Crippen molar-refractivity contribution >= 4 is 28.7 Å². The number of imidazole rings is 1. The van der Waals surface area contributed by atoms with Crippen LogP contribution in [-0.4, -0.2) is 63.8 Å². The van der Waals surface area contributed by atoms with Crippen molar-refractivity contribution in [2.45, 2.75) is 0 Å². The van der Waals surface area contributed by atoms with Gasteiger partial charge in [0.05, 0.1) is 30.8 Å². The molecule has 0 radical (unpaired) electrons. The average Bonchev–Trinajstić information content (AvgIpc) is 3.19. The highest BCUT2D eigenvalue weighted by Crippen LogP contribution is 2.27. The van der Waals surface area contributed by atoms with Gasteiger partial charge in [-0.05, 0) is 24.3 Å². The number of fused-ring (bicyclic) bond motifs is 1. The molecule has 2 aromatic carbocycles. The molecule has 0 atom stereocenters. The molecule has 4 aromatic rings. The van der Waals surface area contributed by atoms with Crippen LogP contribution in [0.1, 0.15) is 0 Å². The first-order chi connectivity index (χ1) is 15.8. The predicted molar refractivity (Wildman–Crippen MR) is 122 cm³/mol. The number of ether oxygens (including phenoxy) is 1. The maximum Gasteiger partial charge on any atom is 0.224 e. The van der Waals surface area contributed by atoms with E-state index in [1.165, 1.54) is 6.07 Å². The smallest absolute Gasteiger partial charge is 0.224 e. The fraction of sp³-hybridized carbons (Fsp3) is 0.261. The van der Waals surface area contributed by atoms with Gasteiger partial charge in [-0.1, -0.05) is 30.3 Å². The second kappa shape index (κ2) is 9.29. The number of halogens is 1. The molecule has 0 aliphatic carbocycles. The second-order valence-corrected chi connectivity index (χ2v) is 7.49. The van der Waals surface area contributed by atoms with E-state index in [2.05, 4.69) is 25.5 Å². The summed E-state index contributed by atoms with van der Waals surface area (Å²) in [5.41, 5.74) is 2.47. The second-order valence-electron chi connectivity index (χ2n) is 7.49. The number of rotatable bonds is 7. The van der Waals surface area contributed by atoms with E-state index < -0.39 is 0 Å². The fourth-order valence-corrected chi connectivity index (χ4v) is 3.70. The van der Waals surface area contributed by atoms with E-state index in [0.717, 1.165) is 45.1 Å². The van der Waals surface area contributed by atoms with Crippen LogP contribution in [0.4, 0.5) is 22.0 Å². The minimum absolute atomic E-state index is 0.344. The zero-order chi connectivity index (χ0) is 21.8. The summed E-state index contributed by atoms with van der Waals surface area (Å²) in [6.45, 7) is 5.04. The van der Waals surface area contributed by atoms with Crippen LogP contribution in [0.5, 0.6) is 0 Å². The number of para-hydroxylation sites is 2. The zero-order valence-electron chi connectivity index (χ0n) is 17.5. The Morgan fingerprint density at radius 1 is 0.969 bits per heavy atom. The molecule has 9 heteroatoms. The van der Waals surface area contributed by atoms with Crippen molar-refractivity contribution in [3.8, 4) is 5.69 Å². The van der Waals surface area contributed by atoms with Crippen molar-refractivity contribution in [2.75, 3.05) is 50.0 Å². The molecule has 8 nitrogen and oxygen atoms in total. The Morgan fingerprint density at radius 2 is 1.75 bits per heavy atom. The monoisotopic (exact) mass is 433 g/mol. The first-order valence-corrected chi connectivity index (χ1v) is 10.6. The van der Waals surface area contributed by atoms with E-state index in [0.29, 0.717) is 28.7 Å². The molecule has 2 N–H and O–H groups in total. The first kappa shape index (κ1) is 20.3. The van der Waals surface area contributed by atoms with E-state index >= 15 is 0 Å². The van der Waals surface area contributed by atoms with Crippen molar-refractivity contribution < 1.29 is 9.13 Å². The molecule has 1 saturated heterocycles. The minimum atomic E-state index is -0.351. The largest absolute Gasteiger partial charge is 0.379 e. The van der Waals surface area contributed by atoms with Crippen molar-refractivity contribution in [3.63, 3.8) is 0 Å². The minimum Gasteiger partial charge on any atom is -0.379 e. The van der Waals surface area contributed by atoms with Crippen LogP contribution in [-0.2, 0) is 4.74 Å². The lowest BCUT2D eigenvalue weighted by Crippen LogP contribution is -2.39. The third-order valence-electron chi connectivity index (χ3n) is 5.35. The summed E-state index contributed by atoms with van der Waals surface area (Å²) in [4.78, 5) is 16.1. The molecule has 5 rings (SSSR count). The van der Waals surface area contributed by atoms with Gasteiger partial charge in [-0.25, -0.2) is 14.4 Å². The summed E-state index contributed by atoms with van der Waals surface area (Å²) in [5.74, 6) is 0.645. The van der Waals surface area contributed by atoms with Crippen LogP contribution in [0.2, 0.25) is 0 Å². The molecule has 0 unspecified atom stereocenters. The molecular formula is C23H24FN7O. The Labute approximate surface area is 185 Å².